The Morgan fingerprint density at radius 3 is 3.05 bits per heavy atom. The van der Waals surface area contributed by atoms with Crippen molar-refractivity contribution in [3.63, 3.8) is 0 Å². The molecule has 1 fully saturated rings. The number of aryl methyl sites for hydroxylation is 1. The van der Waals surface area contributed by atoms with E-state index in [1.54, 1.807) is 18.4 Å². The second kappa shape index (κ2) is 7.18. The van der Waals surface area contributed by atoms with Gasteiger partial charge in [0.25, 0.3) is 0 Å². The maximum atomic E-state index is 5.77. The van der Waals surface area contributed by atoms with Crippen molar-refractivity contribution >= 4 is 11.3 Å². The van der Waals surface area contributed by atoms with E-state index < -0.39 is 0 Å². The molecule has 1 atom stereocenters. The van der Waals surface area contributed by atoms with E-state index in [4.69, 9.17) is 9.47 Å². The Morgan fingerprint density at radius 1 is 1.36 bits per heavy atom. The van der Waals surface area contributed by atoms with Crippen LogP contribution in [0.4, 0.5) is 0 Å². The smallest absolute Gasteiger partial charge is 0.204 e. The van der Waals surface area contributed by atoms with Crippen molar-refractivity contribution in [3.8, 4) is 0 Å². The van der Waals surface area contributed by atoms with Crippen LogP contribution in [0.3, 0.4) is 0 Å². The van der Waals surface area contributed by atoms with Gasteiger partial charge >= 0.3 is 0 Å². The molecule has 10 heteroatoms. The van der Waals surface area contributed by atoms with E-state index in [2.05, 4.69) is 30.5 Å². The van der Waals surface area contributed by atoms with Gasteiger partial charge in [-0.1, -0.05) is 0 Å². The molecule has 0 spiro atoms. The monoisotopic (exact) mass is 325 g/mol. The summed E-state index contributed by atoms with van der Waals surface area (Å²) in [6.45, 7) is 6.14. The third-order valence-corrected chi connectivity index (χ3v) is 4.15. The molecule has 0 aromatic carbocycles. The summed E-state index contributed by atoms with van der Waals surface area (Å²) in [5, 5.41) is 22.7. The van der Waals surface area contributed by atoms with Crippen LogP contribution in [0.25, 0.3) is 0 Å². The van der Waals surface area contributed by atoms with E-state index in [1.807, 2.05) is 6.92 Å². The summed E-state index contributed by atoms with van der Waals surface area (Å²) in [6.07, 6.45) is -0.154. The summed E-state index contributed by atoms with van der Waals surface area (Å²) in [7, 11) is 1.65. The van der Waals surface area contributed by atoms with E-state index in [1.165, 1.54) is 4.80 Å². The van der Waals surface area contributed by atoms with Crippen LogP contribution in [0.2, 0.25) is 0 Å². The fraction of sp³-hybridized carbons (Fsp3) is 0.750. The zero-order valence-electron chi connectivity index (χ0n) is 12.7. The number of rotatable bonds is 6. The molecule has 120 valence electrons. The largest absolute Gasteiger partial charge is 0.383 e. The molecular formula is C12H19N7O2S. The Bertz CT molecular complexity index is 602. The highest BCUT2D eigenvalue weighted by Gasteiger charge is 2.26. The molecule has 0 aliphatic carbocycles. The number of aromatic nitrogens is 6. The quantitative estimate of drug-likeness (QED) is 0.736. The van der Waals surface area contributed by atoms with Crippen molar-refractivity contribution < 1.29 is 9.47 Å². The first kappa shape index (κ1) is 15.4. The Hall–Kier alpha value is -1.49. The molecule has 2 aromatic heterocycles. The number of morpholine rings is 1. The van der Waals surface area contributed by atoms with E-state index in [-0.39, 0.29) is 6.10 Å². The third kappa shape index (κ3) is 3.83. The van der Waals surface area contributed by atoms with Crippen molar-refractivity contribution in [2.75, 3.05) is 33.4 Å². The van der Waals surface area contributed by atoms with Gasteiger partial charge in [0, 0.05) is 20.2 Å². The number of hydrogen-bond donors (Lipinski definition) is 0. The van der Waals surface area contributed by atoms with Crippen LogP contribution in [0.5, 0.6) is 0 Å². The van der Waals surface area contributed by atoms with Crippen LogP contribution in [0.15, 0.2) is 0 Å². The number of tetrazole rings is 1. The van der Waals surface area contributed by atoms with Crippen LogP contribution < -0.4 is 0 Å². The Labute approximate surface area is 132 Å². The highest BCUT2D eigenvalue weighted by Crippen LogP contribution is 2.20. The molecule has 3 rings (SSSR count). The maximum Gasteiger partial charge on any atom is 0.204 e. The Balaban J connectivity index is 1.59. The maximum absolute atomic E-state index is 5.77. The first-order valence-electron chi connectivity index (χ1n) is 7.14. The molecule has 1 aliphatic heterocycles. The lowest BCUT2D eigenvalue weighted by Crippen LogP contribution is -2.38. The number of ether oxygens (including phenoxy) is 2. The average molecular weight is 325 g/mol. The number of methoxy groups -OCH3 is 1. The van der Waals surface area contributed by atoms with Crippen LogP contribution in [-0.2, 0) is 22.6 Å². The first-order valence-corrected chi connectivity index (χ1v) is 7.96. The van der Waals surface area contributed by atoms with Crippen LogP contribution in [0.1, 0.15) is 21.9 Å². The summed E-state index contributed by atoms with van der Waals surface area (Å²) < 4.78 is 10.8. The third-order valence-electron chi connectivity index (χ3n) is 3.33. The van der Waals surface area contributed by atoms with E-state index in [0.29, 0.717) is 25.6 Å². The second-order valence-corrected chi connectivity index (χ2v) is 6.31. The predicted molar refractivity (Wildman–Crippen MR) is 78.3 cm³/mol. The van der Waals surface area contributed by atoms with Gasteiger partial charge in [-0.3, -0.25) is 4.90 Å². The molecular weight excluding hydrogens is 306 g/mol. The van der Waals surface area contributed by atoms with Crippen LogP contribution in [-0.4, -0.2) is 68.7 Å². The molecule has 1 aliphatic rings. The Kier molecular flexibility index (Phi) is 5.03. The van der Waals surface area contributed by atoms with Gasteiger partial charge in [0.15, 0.2) is 0 Å². The summed E-state index contributed by atoms with van der Waals surface area (Å²) >= 11 is 1.63. The van der Waals surface area contributed by atoms with E-state index in [9.17, 15) is 0 Å². The van der Waals surface area contributed by atoms with Crippen molar-refractivity contribution in [2.45, 2.75) is 26.1 Å². The van der Waals surface area contributed by atoms with Gasteiger partial charge in [0.05, 0.1) is 26.3 Å². The molecule has 0 bridgehead atoms. The molecule has 0 N–H and O–H groups in total. The van der Waals surface area contributed by atoms with Crippen molar-refractivity contribution in [2.24, 2.45) is 0 Å². The average Bonchev–Trinajstić information content (AvgIpc) is 3.15. The van der Waals surface area contributed by atoms with Gasteiger partial charge in [-0.15, -0.1) is 31.7 Å². The standard InChI is InChI=1S/C12H19N7O2S/c1-9-13-14-11(22-9)8-18-3-6-21-10(7-18)12-15-17-19(16-12)4-5-20-2/h10H,3-8H2,1-2H3. The summed E-state index contributed by atoms with van der Waals surface area (Å²) in [5.74, 6) is 0.620. The Morgan fingerprint density at radius 2 is 2.27 bits per heavy atom. The fourth-order valence-electron chi connectivity index (χ4n) is 2.25. The molecule has 2 aromatic rings. The summed E-state index contributed by atoms with van der Waals surface area (Å²) in [4.78, 5) is 3.82. The SMILES string of the molecule is COCCn1nnc(C2CN(Cc3nnc(C)s3)CCO2)n1. The minimum absolute atomic E-state index is 0.154. The summed E-state index contributed by atoms with van der Waals surface area (Å²) in [5.41, 5.74) is 0. The molecule has 1 saturated heterocycles. The van der Waals surface area contributed by atoms with Gasteiger partial charge in [0.2, 0.25) is 5.82 Å². The van der Waals surface area contributed by atoms with Gasteiger partial charge in [-0.25, -0.2) is 0 Å². The minimum Gasteiger partial charge on any atom is -0.383 e. The van der Waals surface area contributed by atoms with Crippen molar-refractivity contribution in [3.05, 3.63) is 15.8 Å². The molecule has 1 unspecified atom stereocenters. The molecule has 22 heavy (non-hydrogen) atoms. The zero-order valence-corrected chi connectivity index (χ0v) is 13.5. The topological polar surface area (TPSA) is 91.1 Å². The van der Waals surface area contributed by atoms with Gasteiger partial charge in [0.1, 0.15) is 16.1 Å². The fourth-order valence-corrected chi connectivity index (χ4v) is 3.00. The minimum atomic E-state index is -0.154. The lowest BCUT2D eigenvalue weighted by Gasteiger charge is -2.30. The number of hydrogen-bond acceptors (Lipinski definition) is 9. The normalized spacial score (nSPS) is 19.6. The molecule has 0 radical (unpaired) electrons. The van der Waals surface area contributed by atoms with Gasteiger partial charge in [-0.05, 0) is 12.1 Å². The predicted octanol–water partition coefficient (Wildman–Crippen LogP) is 0.0529. The van der Waals surface area contributed by atoms with Crippen molar-refractivity contribution in [1.82, 2.24) is 35.3 Å². The molecule has 3 heterocycles. The number of nitrogens with zero attached hydrogens (tertiary/aromatic N) is 7. The lowest BCUT2D eigenvalue weighted by molar-refractivity contribution is -0.0374. The molecule has 0 amide bonds. The lowest BCUT2D eigenvalue weighted by atomic mass is 10.2. The van der Waals surface area contributed by atoms with Crippen LogP contribution >= 0.6 is 11.3 Å². The van der Waals surface area contributed by atoms with Gasteiger partial charge < -0.3 is 9.47 Å². The zero-order chi connectivity index (χ0) is 15.4. The van der Waals surface area contributed by atoms with Crippen molar-refractivity contribution in [1.29, 1.82) is 0 Å². The summed E-state index contributed by atoms with van der Waals surface area (Å²) in [6, 6.07) is 0. The highest BCUT2D eigenvalue weighted by molar-refractivity contribution is 7.11. The van der Waals surface area contributed by atoms with E-state index >= 15 is 0 Å². The van der Waals surface area contributed by atoms with E-state index in [0.717, 1.165) is 29.6 Å². The molecule has 9 nitrogen and oxygen atoms in total. The second-order valence-electron chi connectivity index (χ2n) is 5.05. The first-order chi connectivity index (χ1) is 10.7. The van der Waals surface area contributed by atoms with Crippen LogP contribution in [0, 0.1) is 6.92 Å². The molecule has 0 saturated carbocycles. The van der Waals surface area contributed by atoms with Gasteiger partial charge in [-0.2, -0.15) is 4.80 Å². The highest BCUT2D eigenvalue weighted by atomic mass is 32.1.